The van der Waals surface area contributed by atoms with Crippen LogP contribution in [0, 0.1) is 5.92 Å². The third kappa shape index (κ3) is 4.65. The lowest BCUT2D eigenvalue weighted by Gasteiger charge is -2.19. The summed E-state index contributed by atoms with van der Waals surface area (Å²) >= 11 is 5.71. The fourth-order valence-corrected chi connectivity index (χ4v) is 2.55. The molecule has 0 spiro atoms. The van der Waals surface area contributed by atoms with Gasteiger partial charge in [-0.05, 0) is 51.2 Å². The minimum absolute atomic E-state index is 0.814. The van der Waals surface area contributed by atoms with Crippen molar-refractivity contribution < 1.29 is 0 Å². The number of rotatable bonds is 5. The van der Waals surface area contributed by atoms with Gasteiger partial charge in [-0.15, -0.1) is 11.6 Å². The molecule has 0 aromatic rings. The van der Waals surface area contributed by atoms with Crippen molar-refractivity contribution in [3.8, 4) is 0 Å². The lowest BCUT2D eigenvalue weighted by atomic mass is 9.96. The molecule has 1 saturated heterocycles. The summed E-state index contributed by atoms with van der Waals surface area (Å²) in [5.41, 5.74) is 0. The monoisotopic (exact) mass is 217 g/mol. The topological polar surface area (TPSA) is 3.24 Å². The highest BCUT2D eigenvalue weighted by Crippen LogP contribution is 2.21. The molecule has 0 radical (unpaired) electrons. The van der Waals surface area contributed by atoms with Gasteiger partial charge in [-0.1, -0.05) is 19.8 Å². The Morgan fingerprint density at radius 3 is 2.86 bits per heavy atom. The molecule has 1 atom stereocenters. The Morgan fingerprint density at radius 1 is 1.29 bits per heavy atom. The molecule has 0 aromatic heterocycles. The summed E-state index contributed by atoms with van der Waals surface area (Å²) in [7, 11) is 0. The summed E-state index contributed by atoms with van der Waals surface area (Å²) in [5.74, 6) is 1.82. The second-order valence-electron chi connectivity index (χ2n) is 4.47. The summed E-state index contributed by atoms with van der Waals surface area (Å²) in [5, 5.41) is 0. The van der Waals surface area contributed by atoms with Gasteiger partial charge in [0, 0.05) is 5.88 Å². The maximum Gasteiger partial charge on any atom is 0.0235 e. The number of nitrogens with zero attached hydrogens (tertiary/aromatic N) is 1. The van der Waals surface area contributed by atoms with Crippen LogP contribution in [0.15, 0.2) is 0 Å². The van der Waals surface area contributed by atoms with Crippen LogP contribution in [0.5, 0.6) is 0 Å². The van der Waals surface area contributed by atoms with Crippen molar-refractivity contribution in [2.24, 2.45) is 5.92 Å². The maximum atomic E-state index is 5.71. The molecule has 1 unspecified atom stereocenters. The summed E-state index contributed by atoms with van der Waals surface area (Å²) in [4.78, 5) is 2.60. The van der Waals surface area contributed by atoms with Crippen LogP contribution in [-0.2, 0) is 0 Å². The average Bonchev–Trinajstić information content (AvgIpc) is 2.41. The molecule has 1 aliphatic rings. The van der Waals surface area contributed by atoms with Gasteiger partial charge in [0.25, 0.3) is 0 Å². The van der Waals surface area contributed by atoms with Gasteiger partial charge >= 0.3 is 0 Å². The zero-order valence-corrected chi connectivity index (χ0v) is 10.2. The van der Waals surface area contributed by atoms with Crippen molar-refractivity contribution in [3.05, 3.63) is 0 Å². The Kier molecular flexibility index (Phi) is 6.63. The van der Waals surface area contributed by atoms with E-state index in [1.54, 1.807) is 0 Å². The first-order valence-electron chi connectivity index (χ1n) is 6.15. The van der Waals surface area contributed by atoms with Gasteiger partial charge in [-0.2, -0.15) is 0 Å². The molecule has 1 nitrogen and oxygen atoms in total. The number of hydrogen-bond donors (Lipinski definition) is 0. The van der Waals surface area contributed by atoms with Gasteiger partial charge in [0.05, 0.1) is 0 Å². The average molecular weight is 218 g/mol. The van der Waals surface area contributed by atoms with Crippen LogP contribution in [-0.4, -0.2) is 30.4 Å². The molecule has 2 heteroatoms. The molecule has 0 aromatic carbocycles. The molecular weight excluding hydrogens is 194 g/mol. The van der Waals surface area contributed by atoms with Crippen molar-refractivity contribution >= 4 is 11.6 Å². The van der Waals surface area contributed by atoms with E-state index in [-0.39, 0.29) is 0 Å². The normalized spacial score (nSPS) is 24.9. The number of likely N-dealkylation sites (tertiary alicyclic amines) is 1. The summed E-state index contributed by atoms with van der Waals surface area (Å²) in [6.07, 6.45) is 8.20. The van der Waals surface area contributed by atoms with Gasteiger partial charge in [0.2, 0.25) is 0 Å². The molecule has 84 valence electrons. The summed E-state index contributed by atoms with van der Waals surface area (Å²) in [6, 6.07) is 0. The van der Waals surface area contributed by atoms with Gasteiger partial charge in [0.15, 0.2) is 0 Å². The Bertz CT molecular complexity index is 138. The maximum absolute atomic E-state index is 5.71. The van der Waals surface area contributed by atoms with E-state index in [1.165, 1.54) is 51.7 Å². The predicted octanol–water partition coefficient (Wildman–Crippen LogP) is 3.52. The van der Waals surface area contributed by atoms with Crippen molar-refractivity contribution in [1.29, 1.82) is 0 Å². The highest BCUT2D eigenvalue weighted by atomic mass is 35.5. The molecule has 0 N–H and O–H groups in total. The molecule has 1 heterocycles. The van der Waals surface area contributed by atoms with E-state index in [0.717, 1.165) is 18.2 Å². The van der Waals surface area contributed by atoms with E-state index < -0.39 is 0 Å². The zero-order chi connectivity index (χ0) is 10.2. The number of alkyl halides is 1. The standard InChI is InChI=1S/C12H24ClN/c1-2-5-12-6-3-9-14(11-7-12)10-4-8-13/h12H,2-11H2,1H3. The Labute approximate surface area is 93.8 Å². The van der Waals surface area contributed by atoms with Crippen molar-refractivity contribution in [1.82, 2.24) is 4.90 Å². The van der Waals surface area contributed by atoms with Crippen LogP contribution in [0.2, 0.25) is 0 Å². The minimum atomic E-state index is 0.814. The molecule has 0 saturated carbocycles. The zero-order valence-electron chi connectivity index (χ0n) is 9.47. The van der Waals surface area contributed by atoms with Crippen LogP contribution >= 0.6 is 11.6 Å². The van der Waals surface area contributed by atoms with Crippen LogP contribution in [0.3, 0.4) is 0 Å². The Balaban J connectivity index is 2.19. The molecular formula is C12H24ClN. The first-order chi connectivity index (χ1) is 6.86. The summed E-state index contributed by atoms with van der Waals surface area (Å²) in [6.45, 7) is 6.12. The fourth-order valence-electron chi connectivity index (χ4n) is 2.43. The van der Waals surface area contributed by atoms with E-state index in [2.05, 4.69) is 11.8 Å². The highest BCUT2D eigenvalue weighted by Gasteiger charge is 2.15. The molecule has 14 heavy (non-hydrogen) atoms. The number of hydrogen-bond acceptors (Lipinski definition) is 1. The van der Waals surface area contributed by atoms with Gasteiger partial charge in [-0.3, -0.25) is 0 Å². The largest absolute Gasteiger partial charge is 0.303 e. The Morgan fingerprint density at radius 2 is 2.14 bits per heavy atom. The molecule has 1 aliphatic heterocycles. The fraction of sp³-hybridized carbons (Fsp3) is 1.00. The SMILES string of the molecule is CCCC1CCCN(CCCCl)CC1. The molecule has 0 bridgehead atoms. The van der Waals surface area contributed by atoms with Crippen molar-refractivity contribution in [2.45, 2.75) is 45.4 Å². The van der Waals surface area contributed by atoms with Crippen LogP contribution in [0.4, 0.5) is 0 Å². The van der Waals surface area contributed by atoms with Gasteiger partial charge in [0.1, 0.15) is 0 Å². The van der Waals surface area contributed by atoms with E-state index in [1.807, 2.05) is 0 Å². The van der Waals surface area contributed by atoms with Gasteiger partial charge in [-0.25, -0.2) is 0 Å². The van der Waals surface area contributed by atoms with Crippen LogP contribution in [0.25, 0.3) is 0 Å². The quantitative estimate of drug-likeness (QED) is 0.637. The first kappa shape index (κ1) is 12.3. The number of halogens is 1. The molecule has 0 aliphatic carbocycles. The van der Waals surface area contributed by atoms with Crippen LogP contribution < -0.4 is 0 Å². The predicted molar refractivity (Wildman–Crippen MR) is 64.0 cm³/mol. The third-order valence-corrected chi connectivity index (χ3v) is 3.51. The lowest BCUT2D eigenvalue weighted by Crippen LogP contribution is -2.26. The van der Waals surface area contributed by atoms with Crippen molar-refractivity contribution in [2.75, 3.05) is 25.5 Å². The van der Waals surface area contributed by atoms with E-state index in [0.29, 0.717) is 0 Å². The van der Waals surface area contributed by atoms with Crippen molar-refractivity contribution in [3.63, 3.8) is 0 Å². The first-order valence-corrected chi connectivity index (χ1v) is 6.68. The summed E-state index contributed by atoms with van der Waals surface area (Å²) < 4.78 is 0. The minimum Gasteiger partial charge on any atom is -0.303 e. The van der Waals surface area contributed by atoms with E-state index in [9.17, 15) is 0 Å². The van der Waals surface area contributed by atoms with E-state index >= 15 is 0 Å². The highest BCUT2D eigenvalue weighted by molar-refractivity contribution is 6.17. The lowest BCUT2D eigenvalue weighted by molar-refractivity contribution is 0.280. The van der Waals surface area contributed by atoms with Crippen LogP contribution in [0.1, 0.15) is 45.4 Å². The Hall–Kier alpha value is 0.250. The third-order valence-electron chi connectivity index (χ3n) is 3.25. The van der Waals surface area contributed by atoms with Gasteiger partial charge < -0.3 is 4.90 Å². The molecule has 1 rings (SSSR count). The molecule has 1 fully saturated rings. The van der Waals surface area contributed by atoms with E-state index in [4.69, 9.17) is 11.6 Å². The smallest absolute Gasteiger partial charge is 0.0235 e. The second-order valence-corrected chi connectivity index (χ2v) is 4.85. The molecule has 0 amide bonds. The second kappa shape index (κ2) is 7.53.